The molecule has 0 atom stereocenters. The molecule has 122 valence electrons. The van der Waals surface area contributed by atoms with Gasteiger partial charge in [-0.15, -0.1) is 0 Å². The predicted molar refractivity (Wildman–Crippen MR) is 77.2 cm³/mol. The van der Waals surface area contributed by atoms with Crippen molar-refractivity contribution in [2.75, 3.05) is 18.0 Å². The van der Waals surface area contributed by atoms with Gasteiger partial charge in [0.15, 0.2) is 0 Å². The number of H-pyrrole nitrogens is 1. The minimum atomic E-state index is -4.45. The minimum Gasteiger partial charge on any atom is -0.340 e. The zero-order valence-electron chi connectivity index (χ0n) is 12.4. The molecule has 0 amide bonds. The van der Waals surface area contributed by atoms with Crippen molar-refractivity contribution in [3.05, 3.63) is 34.9 Å². The van der Waals surface area contributed by atoms with E-state index in [1.54, 1.807) is 0 Å². The van der Waals surface area contributed by atoms with E-state index in [4.69, 9.17) is 0 Å². The molecule has 5 nitrogen and oxygen atoms in total. The number of aromatic amines is 1. The number of anilines is 1. The summed E-state index contributed by atoms with van der Waals surface area (Å²) < 4.78 is 38.4. The van der Waals surface area contributed by atoms with Gasteiger partial charge in [0.25, 0.3) is 0 Å². The Balaban J connectivity index is 1.56. The van der Waals surface area contributed by atoms with Gasteiger partial charge in [-0.3, -0.25) is 5.10 Å². The Morgan fingerprint density at radius 2 is 1.96 bits per heavy atom. The number of alkyl halides is 3. The lowest BCUT2D eigenvalue weighted by Crippen LogP contribution is -2.29. The third-order valence-corrected chi connectivity index (χ3v) is 4.43. The molecule has 8 heteroatoms. The Bertz CT molecular complexity index is 720. The summed E-state index contributed by atoms with van der Waals surface area (Å²) in [5, 5.41) is 7.52. The van der Waals surface area contributed by atoms with Crippen LogP contribution in [0.2, 0.25) is 0 Å². The van der Waals surface area contributed by atoms with Crippen LogP contribution in [0.3, 0.4) is 0 Å². The highest BCUT2D eigenvalue weighted by Gasteiger charge is 2.34. The van der Waals surface area contributed by atoms with E-state index in [0.29, 0.717) is 25.4 Å². The first-order chi connectivity index (χ1) is 11.0. The smallest absolute Gasteiger partial charge is 0.340 e. The van der Waals surface area contributed by atoms with E-state index in [1.807, 2.05) is 4.90 Å². The highest BCUT2D eigenvalue weighted by molar-refractivity contribution is 5.38. The molecule has 1 aliphatic carbocycles. The fourth-order valence-electron chi connectivity index (χ4n) is 3.06. The van der Waals surface area contributed by atoms with Crippen LogP contribution in [0.5, 0.6) is 0 Å². The lowest BCUT2D eigenvalue weighted by molar-refractivity contribution is -0.141. The first-order valence-corrected chi connectivity index (χ1v) is 7.73. The molecule has 1 aliphatic heterocycles. The van der Waals surface area contributed by atoms with Crippen LogP contribution < -0.4 is 4.90 Å². The normalized spacial score (nSPS) is 18.7. The summed E-state index contributed by atoms with van der Waals surface area (Å²) in [7, 11) is 0. The van der Waals surface area contributed by atoms with Crippen LogP contribution in [0.1, 0.15) is 41.4 Å². The SMILES string of the molecule is FC(F)(F)c1ccnc(N2CCc3[nH]nc(C4CC4)c3CC2)n1. The van der Waals surface area contributed by atoms with Crippen LogP contribution in [-0.4, -0.2) is 33.3 Å². The standard InChI is InChI=1S/C15H16F3N5/c16-15(17,18)12-3-6-19-14(20-12)23-7-4-10-11(5-8-23)21-22-13(10)9-1-2-9/h3,6,9H,1-2,4-5,7-8H2,(H,21,22). The van der Waals surface area contributed by atoms with Crippen molar-refractivity contribution in [2.24, 2.45) is 0 Å². The molecule has 3 heterocycles. The average molecular weight is 323 g/mol. The Kier molecular flexibility index (Phi) is 3.28. The van der Waals surface area contributed by atoms with Crippen LogP contribution in [0.15, 0.2) is 12.3 Å². The second kappa shape index (κ2) is 5.21. The molecule has 0 saturated heterocycles. The largest absolute Gasteiger partial charge is 0.433 e. The van der Waals surface area contributed by atoms with E-state index in [-0.39, 0.29) is 5.95 Å². The summed E-state index contributed by atoms with van der Waals surface area (Å²) in [5.41, 5.74) is 2.58. The van der Waals surface area contributed by atoms with Crippen molar-refractivity contribution < 1.29 is 13.2 Å². The number of nitrogens with zero attached hydrogens (tertiary/aromatic N) is 4. The van der Waals surface area contributed by atoms with Gasteiger partial charge in [-0.05, 0) is 30.9 Å². The lowest BCUT2D eigenvalue weighted by atomic mass is 10.1. The quantitative estimate of drug-likeness (QED) is 0.923. The molecule has 0 aromatic carbocycles. The van der Waals surface area contributed by atoms with E-state index in [0.717, 1.165) is 23.9 Å². The van der Waals surface area contributed by atoms with Gasteiger partial charge in [-0.2, -0.15) is 18.3 Å². The Morgan fingerprint density at radius 1 is 1.17 bits per heavy atom. The maximum Gasteiger partial charge on any atom is 0.433 e. The number of halogens is 3. The molecule has 0 bridgehead atoms. The molecular formula is C15H16F3N5. The zero-order valence-corrected chi connectivity index (χ0v) is 12.4. The Labute approximate surface area is 130 Å². The fraction of sp³-hybridized carbons (Fsp3) is 0.533. The van der Waals surface area contributed by atoms with Crippen molar-refractivity contribution >= 4 is 5.95 Å². The summed E-state index contributed by atoms with van der Waals surface area (Å²) in [5.74, 6) is 0.706. The molecule has 4 rings (SSSR count). The Hall–Kier alpha value is -2.12. The van der Waals surface area contributed by atoms with Crippen molar-refractivity contribution in [1.82, 2.24) is 20.2 Å². The number of hydrogen-bond acceptors (Lipinski definition) is 4. The number of hydrogen-bond donors (Lipinski definition) is 1. The van der Waals surface area contributed by atoms with E-state index < -0.39 is 11.9 Å². The van der Waals surface area contributed by atoms with Gasteiger partial charge in [0.2, 0.25) is 5.95 Å². The van der Waals surface area contributed by atoms with Gasteiger partial charge in [-0.25, -0.2) is 9.97 Å². The van der Waals surface area contributed by atoms with E-state index >= 15 is 0 Å². The van der Waals surface area contributed by atoms with Crippen LogP contribution in [0.25, 0.3) is 0 Å². The molecule has 1 fully saturated rings. The lowest BCUT2D eigenvalue weighted by Gasteiger charge is -2.20. The van der Waals surface area contributed by atoms with Gasteiger partial charge >= 0.3 is 6.18 Å². The van der Waals surface area contributed by atoms with Crippen molar-refractivity contribution in [1.29, 1.82) is 0 Å². The van der Waals surface area contributed by atoms with Gasteiger partial charge in [0.05, 0.1) is 5.69 Å². The van der Waals surface area contributed by atoms with Crippen LogP contribution in [0.4, 0.5) is 19.1 Å². The fourth-order valence-corrected chi connectivity index (χ4v) is 3.06. The van der Waals surface area contributed by atoms with E-state index in [2.05, 4.69) is 20.2 Å². The highest BCUT2D eigenvalue weighted by Crippen LogP contribution is 2.41. The number of aromatic nitrogens is 4. The van der Waals surface area contributed by atoms with Gasteiger partial charge in [0, 0.05) is 37.3 Å². The maximum atomic E-state index is 12.8. The number of rotatable bonds is 2. The molecular weight excluding hydrogens is 307 g/mol. The molecule has 0 radical (unpaired) electrons. The van der Waals surface area contributed by atoms with Crippen molar-refractivity contribution in [3.63, 3.8) is 0 Å². The van der Waals surface area contributed by atoms with Crippen LogP contribution in [0, 0.1) is 0 Å². The summed E-state index contributed by atoms with van der Waals surface area (Å²) in [6.45, 7) is 1.19. The second-order valence-electron chi connectivity index (χ2n) is 6.07. The molecule has 0 unspecified atom stereocenters. The molecule has 23 heavy (non-hydrogen) atoms. The van der Waals surface area contributed by atoms with Crippen LogP contribution >= 0.6 is 0 Å². The number of nitrogens with one attached hydrogen (secondary N) is 1. The van der Waals surface area contributed by atoms with E-state index in [1.165, 1.54) is 24.6 Å². The molecule has 0 spiro atoms. The zero-order chi connectivity index (χ0) is 16.0. The monoisotopic (exact) mass is 323 g/mol. The van der Waals surface area contributed by atoms with Gasteiger partial charge in [-0.1, -0.05) is 0 Å². The maximum absolute atomic E-state index is 12.8. The van der Waals surface area contributed by atoms with Crippen LogP contribution in [-0.2, 0) is 19.0 Å². The summed E-state index contributed by atoms with van der Waals surface area (Å²) in [6.07, 6.45) is 0.560. The summed E-state index contributed by atoms with van der Waals surface area (Å²) >= 11 is 0. The molecule has 1 N–H and O–H groups in total. The second-order valence-corrected chi connectivity index (χ2v) is 6.07. The average Bonchev–Trinajstić information content (AvgIpc) is 3.32. The topological polar surface area (TPSA) is 57.7 Å². The molecule has 1 saturated carbocycles. The summed E-state index contributed by atoms with van der Waals surface area (Å²) in [4.78, 5) is 9.53. The number of fused-ring (bicyclic) bond motifs is 1. The summed E-state index contributed by atoms with van der Waals surface area (Å²) in [6, 6.07) is 0.902. The van der Waals surface area contributed by atoms with Crippen molar-refractivity contribution in [2.45, 2.75) is 37.8 Å². The van der Waals surface area contributed by atoms with Gasteiger partial charge in [0.1, 0.15) is 5.69 Å². The third kappa shape index (κ3) is 2.77. The predicted octanol–water partition coefficient (Wildman–Crippen LogP) is 2.70. The minimum absolute atomic E-state index is 0.144. The van der Waals surface area contributed by atoms with Crippen molar-refractivity contribution in [3.8, 4) is 0 Å². The molecule has 2 aliphatic rings. The molecule has 2 aromatic rings. The van der Waals surface area contributed by atoms with E-state index in [9.17, 15) is 13.2 Å². The first-order valence-electron chi connectivity index (χ1n) is 7.73. The first kappa shape index (κ1) is 14.5. The Morgan fingerprint density at radius 3 is 2.70 bits per heavy atom. The third-order valence-electron chi connectivity index (χ3n) is 4.43. The highest BCUT2D eigenvalue weighted by atomic mass is 19.4. The van der Waals surface area contributed by atoms with Gasteiger partial charge < -0.3 is 4.90 Å². The molecule has 2 aromatic heterocycles.